The molecule has 10 heteroatoms. The Hall–Kier alpha value is -3.33. The summed E-state index contributed by atoms with van der Waals surface area (Å²) in [5.74, 6) is 1.56. The predicted molar refractivity (Wildman–Crippen MR) is 108 cm³/mol. The maximum absolute atomic E-state index is 12.4. The average Bonchev–Trinajstić information content (AvgIpc) is 3.13. The Morgan fingerprint density at radius 2 is 1.93 bits per heavy atom. The molecule has 4 rings (SSSR count). The Morgan fingerprint density at radius 1 is 1.17 bits per heavy atom. The van der Waals surface area contributed by atoms with E-state index in [9.17, 15) is 4.79 Å². The van der Waals surface area contributed by atoms with Crippen molar-refractivity contribution in [2.75, 3.05) is 30.4 Å². The van der Waals surface area contributed by atoms with Crippen LogP contribution >= 0.6 is 11.6 Å². The van der Waals surface area contributed by atoms with Crippen molar-refractivity contribution in [1.82, 2.24) is 20.2 Å². The van der Waals surface area contributed by atoms with Crippen molar-refractivity contribution >= 4 is 28.9 Å². The van der Waals surface area contributed by atoms with Gasteiger partial charge >= 0.3 is 0 Å². The van der Waals surface area contributed by atoms with E-state index in [4.69, 9.17) is 21.1 Å². The number of tetrazole rings is 1. The SMILES string of the molecule is Cc1ccc(NCC(=O)Nc2cc3c(cc2Cl)OCCO3)cc1-n1nnnc1C. The molecule has 0 saturated carbocycles. The van der Waals surface area contributed by atoms with Crippen LogP contribution in [-0.4, -0.2) is 45.9 Å². The molecule has 3 aromatic rings. The smallest absolute Gasteiger partial charge is 0.243 e. The number of nitrogens with zero attached hydrogens (tertiary/aromatic N) is 4. The highest BCUT2D eigenvalue weighted by atomic mass is 35.5. The van der Waals surface area contributed by atoms with Gasteiger partial charge in [-0.15, -0.1) is 5.10 Å². The number of hydrogen-bond acceptors (Lipinski definition) is 7. The van der Waals surface area contributed by atoms with Gasteiger partial charge in [-0.2, -0.15) is 4.68 Å². The lowest BCUT2D eigenvalue weighted by atomic mass is 10.2. The first kappa shape index (κ1) is 19.0. The zero-order valence-corrected chi connectivity index (χ0v) is 16.7. The zero-order valence-electron chi connectivity index (χ0n) is 15.9. The zero-order chi connectivity index (χ0) is 20.4. The van der Waals surface area contributed by atoms with E-state index in [0.717, 1.165) is 16.9 Å². The highest BCUT2D eigenvalue weighted by Gasteiger charge is 2.16. The van der Waals surface area contributed by atoms with Crippen LogP contribution in [0.2, 0.25) is 5.02 Å². The number of hydrogen-bond donors (Lipinski definition) is 2. The molecule has 0 saturated heterocycles. The Balaban J connectivity index is 1.43. The summed E-state index contributed by atoms with van der Waals surface area (Å²) in [5.41, 5.74) is 3.09. The molecule has 9 nitrogen and oxygen atoms in total. The minimum atomic E-state index is -0.246. The minimum Gasteiger partial charge on any atom is -0.486 e. The molecule has 2 aromatic carbocycles. The van der Waals surface area contributed by atoms with Gasteiger partial charge < -0.3 is 20.1 Å². The number of anilines is 2. The van der Waals surface area contributed by atoms with Gasteiger partial charge in [0.2, 0.25) is 5.91 Å². The molecule has 0 radical (unpaired) electrons. The summed E-state index contributed by atoms with van der Waals surface area (Å²) in [5, 5.41) is 17.9. The standard InChI is InChI=1S/C19H19ClN6O3/c1-11-3-4-13(7-16(11)26-12(2)23-24-25-26)21-10-19(27)22-15-9-18-17(8-14(15)20)28-5-6-29-18/h3-4,7-9,21H,5-6,10H2,1-2H3,(H,22,27). The fourth-order valence-corrected chi connectivity index (χ4v) is 3.14. The second kappa shape index (κ2) is 7.96. The van der Waals surface area contributed by atoms with Gasteiger partial charge in [0.1, 0.15) is 13.2 Å². The molecule has 2 heterocycles. The van der Waals surface area contributed by atoms with Crippen LogP contribution in [0.3, 0.4) is 0 Å². The van der Waals surface area contributed by atoms with Crippen LogP contribution in [0.15, 0.2) is 30.3 Å². The van der Waals surface area contributed by atoms with Crippen LogP contribution in [0.25, 0.3) is 5.69 Å². The van der Waals surface area contributed by atoms with Crippen molar-refractivity contribution in [1.29, 1.82) is 0 Å². The summed E-state index contributed by atoms with van der Waals surface area (Å²) < 4.78 is 12.7. The number of carbonyl (C=O) groups is 1. The lowest BCUT2D eigenvalue weighted by Crippen LogP contribution is -2.22. The monoisotopic (exact) mass is 414 g/mol. The number of ether oxygens (including phenoxy) is 2. The van der Waals surface area contributed by atoms with Gasteiger partial charge in [-0.1, -0.05) is 17.7 Å². The number of nitrogens with one attached hydrogen (secondary N) is 2. The maximum Gasteiger partial charge on any atom is 0.243 e. The molecule has 1 aliphatic heterocycles. The molecule has 0 bridgehead atoms. The third-order valence-electron chi connectivity index (χ3n) is 4.42. The summed E-state index contributed by atoms with van der Waals surface area (Å²) in [6.07, 6.45) is 0. The Kier molecular flexibility index (Phi) is 5.22. The van der Waals surface area contributed by atoms with Crippen molar-refractivity contribution < 1.29 is 14.3 Å². The van der Waals surface area contributed by atoms with Crippen LogP contribution in [0.4, 0.5) is 11.4 Å². The van der Waals surface area contributed by atoms with Gasteiger partial charge in [0.05, 0.1) is 22.9 Å². The Labute approximate surface area is 172 Å². The molecule has 150 valence electrons. The van der Waals surface area contributed by atoms with E-state index in [1.54, 1.807) is 16.8 Å². The number of benzene rings is 2. The van der Waals surface area contributed by atoms with Crippen LogP contribution < -0.4 is 20.1 Å². The van der Waals surface area contributed by atoms with Crippen molar-refractivity contribution in [3.05, 3.63) is 46.7 Å². The lowest BCUT2D eigenvalue weighted by Gasteiger charge is -2.20. The fraction of sp³-hybridized carbons (Fsp3) is 0.263. The summed E-state index contributed by atoms with van der Waals surface area (Å²) in [4.78, 5) is 12.4. The number of aromatic nitrogens is 4. The molecular weight excluding hydrogens is 396 g/mol. The molecule has 29 heavy (non-hydrogen) atoms. The quantitative estimate of drug-likeness (QED) is 0.661. The molecule has 0 spiro atoms. The second-order valence-corrected chi connectivity index (χ2v) is 6.92. The van der Waals surface area contributed by atoms with Crippen molar-refractivity contribution in [3.8, 4) is 17.2 Å². The highest BCUT2D eigenvalue weighted by molar-refractivity contribution is 6.34. The van der Waals surface area contributed by atoms with E-state index >= 15 is 0 Å². The summed E-state index contributed by atoms with van der Waals surface area (Å²) >= 11 is 6.24. The molecule has 1 amide bonds. The first-order chi connectivity index (χ1) is 14.0. The summed E-state index contributed by atoms with van der Waals surface area (Å²) in [7, 11) is 0. The topological polar surface area (TPSA) is 103 Å². The van der Waals surface area contributed by atoms with Gasteiger partial charge in [0, 0.05) is 17.8 Å². The fourth-order valence-electron chi connectivity index (χ4n) is 2.94. The number of amides is 1. The van der Waals surface area contributed by atoms with Gasteiger partial charge in [0.15, 0.2) is 17.3 Å². The predicted octanol–water partition coefficient (Wildman–Crippen LogP) is 2.75. The largest absolute Gasteiger partial charge is 0.486 e. The molecule has 1 aliphatic rings. The van der Waals surface area contributed by atoms with Gasteiger partial charge in [0.25, 0.3) is 0 Å². The first-order valence-electron chi connectivity index (χ1n) is 9.00. The van der Waals surface area contributed by atoms with E-state index < -0.39 is 0 Å². The Morgan fingerprint density at radius 3 is 2.66 bits per heavy atom. The Bertz CT molecular complexity index is 1070. The van der Waals surface area contributed by atoms with Crippen LogP contribution in [-0.2, 0) is 4.79 Å². The molecular formula is C19H19ClN6O3. The highest BCUT2D eigenvalue weighted by Crippen LogP contribution is 2.37. The molecule has 0 unspecified atom stereocenters. The van der Waals surface area contributed by atoms with E-state index in [-0.39, 0.29) is 12.5 Å². The molecule has 2 N–H and O–H groups in total. The summed E-state index contributed by atoms with van der Waals surface area (Å²) in [6, 6.07) is 9.03. The average molecular weight is 415 g/mol. The second-order valence-electron chi connectivity index (χ2n) is 6.52. The lowest BCUT2D eigenvalue weighted by molar-refractivity contribution is -0.114. The van der Waals surface area contributed by atoms with E-state index in [0.29, 0.717) is 41.2 Å². The number of fused-ring (bicyclic) bond motifs is 1. The van der Waals surface area contributed by atoms with E-state index in [2.05, 4.69) is 26.2 Å². The van der Waals surface area contributed by atoms with E-state index in [1.165, 1.54) is 0 Å². The third-order valence-corrected chi connectivity index (χ3v) is 4.73. The number of carbonyl (C=O) groups excluding carboxylic acids is 1. The minimum absolute atomic E-state index is 0.0574. The molecule has 1 aromatic heterocycles. The van der Waals surface area contributed by atoms with Gasteiger partial charge in [-0.25, -0.2) is 0 Å². The molecule has 0 atom stereocenters. The van der Waals surface area contributed by atoms with E-state index in [1.807, 2.05) is 32.0 Å². The third kappa shape index (κ3) is 4.09. The van der Waals surface area contributed by atoms with Gasteiger partial charge in [-0.05, 0) is 42.0 Å². The van der Waals surface area contributed by atoms with Crippen LogP contribution in [0.1, 0.15) is 11.4 Å². The van der Waals surface area contributed by atoms with Gasteiger partial charge in [-0.3, -0.25) is 4.79 Å². The molecule has 0 fully saturated rings. The summed E-state index contributed by atoms with van der Waals surface area (Å²) in [6.45, 7) is 4.78. The van der Waals surface area contributed by atoms with Crippen molar-refractivity contribution in [3.63, 3.8) is 0 Å². The number of rotatable bonds is 5. The normalized spacial score (nSPS) is 12.5. The number of halogens is 1. The van der Waals surface area contributed by atoms with Crippen molar-refractivity contribution in [2.45, 2.75) is 13.8 Å². The first-order valence-corrected chi connectivity index (χ1v) is 9.38. The van der Waals surface area contributed by atoms with Crippen molar-refractivity contribution in [2.24, 2.45) is 0 Å². The number of aryl methyl sites for hydroxylation is 2. The molecule has 0 aliphatic carbocycles. The van der Waals surface area contributed by atoms with Crippen LogP contribution in [0.5, 0.6) is 11.5 Å². The maximum atomic E-state index is 12.4. The van der Waals surface area contributed by atoms with Crippen LogP contribution in [0, 0.1) is 13.8 Å².